The van der Waals surface area contributed by atoms with E-state index >= 15 is 0 Å². The van der Waals surface area contributed by atoms with E-state index in [1.165, 1.54) is 0 Å². The van der Waals surface area contributed by atoms with Crippen LogP contribution in [0.25, 0.3) is 0 Å². The maximum atomic E-state index is 11.2. The lowest BCUT2D eigenvalue weighted by molar-refractivity contribution is -0.124. The van der Waals surface area contributed by atoms with E-state index in [9.17, 15) is 13.2 Å². The summed E-state index contributed by atoms with van der Waals surface area (Å²) in [6.07, 6.45) is 0.522. The zero-order valence-electron chi connectivity index (χ0n) is 5.03. The molecule has 1 N–H and O–H groups in total. The van der Waals surface area contributed by atoms with Crippen LogP contribution in [0, 0.1) is 12.3 Å². The van der Waals surface area contributed by atoms with Gasteiger partial charge in [0, 0.05) is 0 Å². The van der Waals surface area contributed by atoms with Crippen molar-refractivity contribution in [1.82, 2.24) is 5.32 Å². The highest BCUT2D eigenvalue weighted by Crippen LogP contribution is 2.11. The van der Waals surface area contributed by atoms with Gasteiger partial charge in [0.2, 0.25) is 0 Å². The number of alkyl halides is 3. The third kappa shape index (κ3) is 10.6. The van der Waals surface area contributed by atoms with E-state index in [0.29, 0.717) is 0 Å². The molecule has 0 aliphatic rings. The Bertz CT molecular complexity index is 115. The van der Waals surface area contributed by atoms with E-state index in [1.807, 2.05) is 11.2 Å². The summed E-state index contributed by atoms with van der Waals surface area (Å²) < 4.78 is 33.7. The summed E-state index contributed by atoms with van der Waals surface area (Å²) in [6, 6.07) is 0. The van der Waals surface area contributed by atoms with E-state index < -0.39 is 12.7 Å². The Morgan fingerprint density at radius 3 is 2.20 bits per heavy atom. The van der Waals surface area contributed by atoms with Crippen molar-refractivity contribution in [2.24, 2.45) is 0 Å². The lowest BCUT2D eigenvalue weighted by Crippen LogP contribution is -2.28. The van der Waals surface area contributed by atoms with Gasteiger partial charge in [0.25, 0.3) is 0 Å². The number of rotatable bonds is 2. The van der Waals surface area contributed by atoms with Crippen molar-refractivity contribution in [3.63, 3.8) is 0 Å². The number of nitrogens with one attached hydrogen (secondary N) is 1. The Kier molecular flexibility index (Phi) is 6.63. The van der Waals surface area contributed by atoms with Crippen molar-refractivity contribution in [1.29, 1.82) is 0 Å². The number of terminal acetylenes is 1. The molecule has 0 saturated carbocycles. The molecule has 0 rings (SSSR count). The molecule has 0 spiro atoms. The second-order valence-corrected chi connectivity index (χ2v) is 1.42. The molecule has 0 aromatic heterocycles. The molecule has 5 heteroatoms. The van der Waals surface area contributed by atoms with E-state index in [0.717, 1.165) is 0 Å². The standard InChI is InChI=1S/C5H6F3N.ClH/c1-2-3-9-4-5(6,7)8;/h1,9H,3-4H2;1H. The van der Waals surface area contributed by atoms with Gasteiger partial charge in [-0.05, 0) is 0 Å². The van der Waals surface area contributed by atoms with Crippen LogP contribution in [0.5, 0.6) is 0 Å². The average Bonchev–Trinajstić information content (AvgIpc) is 1.63. The van der Waals surface area contributed by atoms with Crippen LogP contribution in [0.2, 0.25) is 0 Å². The maximum Gasteiger partial charge on any atom is 0.401 e. The van der Waals surface area contributed by atoms with Crippen LogP contribution in [0.4, 0.5) is 13.2 Å². The molecule has 0 aliphatic heterocycles. The summed E-state index contributed by atoms with van der Waals surface area (Å²) >= 11 is 0. The molecule has 0 atom stereocenters. The minimum atomic E-state index is -4.16. The molecule has 0 fully saturated rings. The van der Waals surface area contributed by atoms with Gasteiger partial charge < -0.3 is 0 Å². The van der Waals surface area contributed by atoms with E-state index in [-0.39, 0.29) is 19.0 Å². The van der Waals surface area contributed by atoms with Crippen molar-refractivity contribution in [3.05, 3.63) is 0 Å². The molecule has 1 nitrogen and oxygen atoms in total. The Morgan fingerprint density at radius 2 is 1.90 bits per heavy atom. The van der Waals surface area contributed by atoms with Crippen LogP contribution in [-0.4, -0.2) is 19.3 Å². The second-order valence-electron chi connectivity index (χ2n) is 1.42. The van der Waals surface area contributed by atoms with Crippen molar-refractivity contribution in [2.45, 2.75) is 6.18 Å². The summed E-state index contributed by atoms with van der Waals surface area (Å²) in [6.45, 7) is -1.06. The molecule has 0 aromatic rings. The molecular weight excluding hydrogens is 167 g/mol. The summed E-state index contributed by atoms with van der Waals surface area (Å²) in [7, 11) is 0. The molecule has 0 aromatic carbocycles. The average molecular weight is 174 g/mol. The smallest absolute Gasteiger partial charge is 0.298 e. The third-order valence-electron chi connectivity index (χ3n) is 0.553. The van der Waals surface area contributed by atoms with Crippen LogP contribution < -0.4 is 5.32 Å². The summed E-state index contributed by atoms with van der Waals surface area (Å²) in [5, 5.41) is 2.01. The normalized spacial score (nSPS) is 9.80. The predicted molar refractivity (Wildman–Crippen MR) is 35.0 cm³/mol. The Hall–Kier alpha value is -0.400. The fraction of sp³-hybridized carbons (Fsp3) is 0.600. The molecule has 0 amide bonds. The van der Waals surface area contributed by atoms with Gasteiger partial charge in [-0.15, -0.1) is 18.8 Å². The van der Waals surface area contributed by atoms with Gasteiger partial charge in [0.15, 0.2) is 0 Å². The largest absolute Gasteiger partial charge is 0.401 e. The van der Waals surface area contributed by atoms with Crippen LogP contribution in [0.15, 0.2) is 0 Å². The lowest BCUT2D eigenvalue weighted by atomic mass is 10.6. The highest BCUT2D eigenvalue weighted by atomic mass is 35.5. The van der Waals surface area contributed by atoms with E-state index in [4.69, 9.17) is 0 Å². The van der Waals surface area contributed by atoms with Crippen LogP contribution in [0.3, 0.4) is 0 Å². The number of hydrogen-bond donors (Lipinski definition) is 1. The SMILES string of the molecule is C#CCNCC(F)(F)F.Cl. The van der Waals surface area contributed by atoms with Crippen molar-refractivity contribution < 1.29 is 13.2 Å². The number of hydrogen-bond acceptors (Lipinski definition) is 1. The minimum absolute atomic E-state index is 0. The van der Waals surface area contributed by atoms with Gasteiger partial charge in [-0.2, -0.15) is 13.2 Å². The van der Waals surface area contributed by atoms with Crippen molar-refractivity contribution >= 4 is 12.4 Å². The fourth-order valence-corrected chi connectivity index (χ4v) is 0.276. The van der Waals surface area contributed by atoms with Gasteiger partial charge in [0.1, 0.15) is 0 Å². The van der Waals surface area contributed by atoms with Crippen molar-refractivity contribution in [2.75, 3.05) is 13.1 Å². The Balaban J connectivity index is 0. The summed E-state index contributed by atoms with van der Waals surface area (Å²) in [4.78, 5) is 0. The van der Waals surface area contributed by atoms with Crippen molar-refractivity contribution in [3.8, 4) is 12.3 Å². The van der Waals surface area contributed by atoms with Crippen LogP contribution in [0.1, 0.15) is 0 Å². The molecule has 10 heavy (non-hydrogen) atoms. The first kappa shape index (κ1) is 12.3. The third-order valence-corrected chi connectivity index (χ3v) is 0.553. The first-order valence-electron chi connectivity index (χ1n) is 2.27. The molecule has 0 heterocycles. The molecule has 0 radical (unpaired) electrons. The molecule has 0 unspecified atom stereocenters. The number of halogens is 4. The van der Waals surface area contributed by atoms with Crippen LogP contribution >= 0.6 is 12.4 Å². The second kappa shape index (κ2) is 5.39. The highest BCUT2D eigenvalue weighted by Gasteiger charge is 2.25. The highest BCUT2D eigenvalue weighted by molar-refractivity contribution is 5.85. The summed E-state index contributed by atoms with van der Waals surface area (Å²) in [5.41, 5.74) is 0. The zero-order chi connectivity index (χ0) is 7.33. The molecular formula is C5H7ClF3N. The van der Waals surface area contributed by atoms with Gasteiger partial charge in [-0.3, -0.25) is 5.32 Å². The topological polar surface area (TPSA) is 12.0 Å². The first-order valence-corrected chi connectivity index (χ1v) is 2.27. The first-order chi connectivity index (χ1) is 4.06. The summed E-state index contributed by atoms with van der Waals surface area (Å²) in [5.74, 6) is 2.03. The zero-order valence-corrected chi connectivity index (χ0v) is 5.85. The predicted octanol–water partition coefficient (Wildman–Crippen LogP) is 1.19. The monoisotopic (exact) mass is 173 g/mol. The fourth-order valence-electron chi connectivity index (χ4n) is 0.276. The van der Waals surface area contributed by atoms with E-state index in [2.05, 4.69) is 6.42 Å². The van der Waals surface area contributed by atoms with Gasteiger partial charge >= 0.3 is 6.18 Å². The minimum Gasteiger partial charge on any atom is -0.298 e. The van der Waals surface area contributed by atoms with E-state index in [1.54, 1.807) is 0 Å². The molecule has 60 valence electrons. The van der Waals surface area contributed by atoms with Crippen LogP contribution in [-0.2, 0) is 0 Å². The quantitative estimate of drug-likeness (QED) is 0.489. The molecule has 0 aliphatic carbocycles. The maximum absolute atomic E-state index is 11.2. The van der Waals surface area contributed by atoms with Gasteiger partial charge in [0.05, 0.1) is 13.1 Å². The molecule has 0 bridgehead atoms. The lowest BCUT2D eigenvalue weighted by Gasteiger charge is -2.03. The van der Waals surface area contributed by atoms with Gasteiger partial charge in [-0.1, -0.05) is 5.92 Å². The Morgan fingerprint density at radius 1 is 1.40 bits per heavy atom. The van der Waals surface area contributed by atoms with Gasteiger partial charge in [-0.25, -0.2) is 0 Å². The Labute approximate surface area is 63.4 Å². The molecule has 0 saturated heterocycles.